The molecule has 5 N–H and O–H groups in total. The van der Waals surface area contributed by atoms with Crippen LogP contribution in [0, 0.1) is 0 Å². The molecule has 1 saturated carbocycles. The van der Waals surface area contributed by atoms with Crippen LogP contribution in [0.4, 0.5) is 4.79 Å². The third-order valence-corrected chi connectivity index (χ3v) is 4.09. The molecule has 0 aliphatic heterocycles. The fourth-order valence-electron chi connectivity index (χ4n) is 2.37. The number of nitrogens with two attached hydrogens (primary N) is 1. The lowest BCUT2D eigenvalue weighted by Gasteiger charge is -2.47. The number of nitrogens with zero attached hydrogens (tertiary/aromatic N) is 1. The number of hydrogen-bond donors (Lipinski definition) is 4. The van der Waals surface area contributed by atoms with E-state index in [1.54, 1.807) is 0 Å². The number of rotatable bonds is 8. The predicted molar refractivity (Wildman–Crippen MR) is 76.7 cm³/mol. The summed E-state index contributed by atoms with van der Waals surface area (Å²) in [5, 5.41) is 14.1. The minimum atomic E-state index is -1.18. The zero-order valence-electron chi connectivity index (χ0n) is 12.5. The van der Waals surface area contributed by atoms with Gasteiger partial charge in [0, 0.05) is 18.5 Å². The highest BCUT2D eigenvalue weighted by atomic mass is 16.4. The molecule has 0 radical (unpaired) electrons. The first-order valence-corrected chi connectivity index (χ1v) is 7.00. The average Bonchev–Trinajstić information content (AvgIpc) is 2.31. The van der Waals surface area contributed by atoms with Gasteiger partial charge in [-0.3, -0.25) is 4.79 Å². The van der Waals surface area contributed by atoms with Gasteiger partial charge < -0.3 is 26.4 Å². The maximum absolute atomic E-state index is 11.8. The Morgan fingerprint density at radius 1 is 1.33 bits per heavy atom. The van der Waals surface area contributed by atoms with E-state index in [-0.39, 0.29) is 18.4 Å². The number of aliphatic carboxylic acids is 1. The molecule has 0 spiro atoms. The molecule has 1 atom stereocenters. The molecule has 0 saturated heterocycles. The van der Waals surface area contributed by atoms with Crippen LogP contribution >= 0.6 is 0 Å². The lowest BCUT2D eigenvalue weighted by molar-refractivity contribution is -0.139. The summed E-state index contributed by atoms with van der Waals surface area (Å²) in [5.74, 6) is -1.78. The number of carboxylic acids is 1. The summed E-state index contributed by atoms with van der Waals surface area (Å²) in [5.41, 5.74) is 4.94. The highest BCUT2D eigenvalue weighted by molar-refractivity contribution is 5.83. The smallest absolute Gasteiger partial charge is 0.326 e. The van der Waals surface area contributed by atoms with Gasteiger partial charge in [-0.15, -0.1) is 0 Å². The maximum Gasteiger partial charge on any atom is 0.326 e. The number of likely N-dealkylation sites (N-methyl/N-ethyl adjacent to an activating group) is 1. The standard InChI is InChI=1S/C13H24N4O4/c1-17(2)13(6-3-7-13)8-15-12(21)16-9(11(19)20)4-5-10(14)18/h9H,3-8H2,1-2H3,(H2,14,18)(H,19,20)(H2,15,16,21). The Morgan fingerprint density at radius 2 is 1.95 bits per heavy atom. The van der Waals surface area contributed by atoms with Gasteiger partial charge in [-0.1, -0.05) is 0 Å². The van der Waals surface area contributed by atoms with Gasteiger partial charge in [0.2, 0.25) is 5.91 Å². The molecule has 1 rings (SSSR count). The summed E-state index contributed by atoms with van der Waals surface area (Å²) in [7, 11) is 3.93. The van der Waals surface area contributed by atoms with Crippen molar-refractivity contribution in [3.8, 4) is 0 Å². The van der Waals surface area contributed by atoms with Crippen molar-refractivity contribution in [1.82, 2.24) is 15.5 Å². The molecule has 120 valence electrons. The van der Waals surface area contributed by atoms with Crippen LogP contribution in [-0.2, 0) is 9.59 Å². The van der Waals surface area contributed by atoms with Crippen LogP contribution in [0.25, 0.3) is 0 Å². The molecule has 8 heteroatoms. The molecule has 1 fully saturated rings. The highest BCUT2D eigenvalue weighted by Gasteiger charge is 2.39. The van der Waals surface area contributed by atoms with Gasteiger partial charge in [0.05, 0.1) is 0 Å². The van der Waals surface area contributed by atoms with Gasteiger partial charge in [0.25, 0.3) is 0 Å². The Hall–Kier alpha value is -1.83. The summed E-state index contributed by atoms with van der Waals surface area (Å²) in [6, 6.07) is -1.66. The molecule has 8 nitrogen and oxygen atoms in total. The van der Waals surface area contributed by atoms with Crippen LogP contribution in [0.5, 0.6) is 0 Å². The third kappa shape index (κ3) is 4.89. The highest BCUT2D eigenvalue weighted by Crippen LogP contribution is 2.35. The number of carbonyl (C=O) groups excluding carboxylic acids is 2. The van der Waals surface area contributed by atoms with E-state index in [9.17, 15) is 14.4 Å². The zero-order chi connectivity index (χ0) is 16.0. The summed E-state index contributed by atoms with van der Waals surface area (Å²) < 4.78 is 0. The van der Waals surface area contributed by atoms with Crippen LogP contribution in [0.15, 0.2) is 0 Å². The first-order chi connectivity index (χ1) is 9.77. The normalized spacial score (nSPS) is 17.7. The van der Waals surface area contributed by atoms with Gasteiger partial charge in [-0.2, -0.15) is 0 Å². The molecule has 21 heavy (non-hydrogen) atoms. The largest absolute Gasteiger partial charge is 0.480 e. The fraction of sp³-hybridized carbons (Fsp3) is 0.769. The number of nitrogens with one attached hydrogen (secondary N) is 2. The molecule has 1 aliphatic carbocycles. The van der Waals surface area contributed by atoms with E-state index in [0.29, 0.717) is 6.54 Å². The minimum absolute atomic E-state index is 0.0170. The van der Waals surface area contributed by atoms with Crippen LogP contribution in [0.3, 0.4) is 0 Å². The van der Waals surface area contributed by atoms with Crippen molar-refractivity contribution in [3.05, 3.63) is 0 Å². The Labute approximate surface area is 124 Å². The number of hydrogen-bond acceptors (Lipinski definition) is 4. The molecular formula is C13H24N4O4. The zero-order valence-corrected chi connectivity index (χ0v) is 12.5. The second-order valence-corrected chi connectivity index (χ2v) is 5.70. The van der Waals surface area contributed by atoms with Gasteiger partial charge in [-0.25, -0.2) is 9.59 Å². The molecule has 0 aromatic carbocycles. The van der Waals surface area contributed by atoms with E-state index in [0.717, 1.165) is 19.3 Å². The topological polar surface area (TPSA) is 125 Å². The lowest BCUT2D eigenvalue weighted by atomic mass is 9.75. The number of carbonyl (C=O) groups is 3. The molecule has 0 aromatic rings. The van der Waals surface area contributed by atoms with Gasteiger partial charge >= 0.3 is 12.0 Å². The quantitative estimate of drug-likeness (QED) is 0.480. The van der Waals surface area contributed by atoms with Crippen LogP contribution in [0.1, 0.15) is 32.1 Å². The van der Waals surface area contributed by atoms with E-state index in [1.807, 2.05) is 14.1 Å². The van der Waals surface area contributed by atoms with Gasteiger partial charge in [0.1, 0.15) is 6.04 Å². The van der Waals surface area contributed by atoms with Crippen molar-refractivity contribution in [2.75, 3.05) is 20.6 Å². The summed E-state index contributed by atoms with van der Waals surface area (Å²) >= 11 is 0. The number of amides is 3. The first-order valence-electron chi connectivity index (χ1n) is 7.00. The molecule has 0 bridgehead atoms. The lowest BCUT2D eigenvalue weighted by Crippen LogP contribution is -2.59. The van der Waals surface area contributed by atoms with Crippen LogP contribution in [0.2, 0.25) is 0 Å². The molecule has 0 aromatic heterocycles. The van der Waals surface area contributed by atoms with E-state index in [1.165, 1.54) is 0 Å². The summed E-state index contributed by atoms with van der Waals surface area (Å²) in [6.07, 6.45) is 3.03. The SMILES string of the molecule is CN(C)C1(CNC(=O)NC(CCC(N)=O)C(=O)O)CCC1. The van der Waals surface area contributed by atoms with Crippen molar-refractivity contribution in [1.29, 1.82) is 0 Å². The fourth-order valence-corrected chi connectivity index (χ4v) is 2.37. The molecule has 1 unspecified atom stereocenters. The Balaban J connectivity index is 2.43. The number of primary amides is 1. The van der Waals surface area contributed by atoms with E-state index >= 15 is 0 Å². The Morgan fingerprint density at radius 3 is 2.33 bits per heavy atom. The molecule has 1 aliphatic rings. The summed E-state index contributed by atoms with van der Waals surface area (Å²) in [6.45, 7) is 0.466. The molecular weight excluding hydrogens is 276 g/mol. The van der Waals surface area contributed by atoms with E-state index in [2.05, 4.69) is 15.5 Å². The van der Waals surface area contributed by atoms with Crippen molar-refractivity contribution in [2.45, 2.75) is 43.7 Å². The summed E-state index contributed by atoms with van der Waals surface area (Å²) in [4.78, 5) is 35.6. The van der Waals surface area contributed by atoms with E-state index < -0.39 is 23.9 Å². The van der Waals surface area contributed by atoms with Crippen LogP contribution in [-0.4, -0.2) is 60.1 Å². The maximum atomic E-state index is 11.8. The number of carboxylic acid groups (broad SMARTS) is 1. The monoisotopic (exact) mass is 300 g/mol. The molecule has 0 heterocycles. The predicted octanol–water partition coefficient (Wildman–Crippen LogP) is -0.511. The van der Waals surface area contributed by atoms with E-state index in [4.69, 9.17) is 10.8 Å². The Bertz CT molecular complexity index is 407. The van der Waals surface area contributed by atoms with Crippen molar-refractivity contribution < 1.29 is 19.5 Å². The van der Waals surface area contributed by atoms with Gasteiger partial charge in [-0.05, 0) is 39.8 Å². The van der Waals surface area contributed by atoms with Crippen molar-refractivity contribution in [3.63, 3.8) is 0 Å². The van der Waals surface area contributed by atoms with Crippen LogP contribution < -0.4 is 16.4 Å². The average molecular weight is 300 g/mol. The second-order valence-electron chi connectivity index (χ2n) is 5.70. The number of urea groups is 1. The molecule has 3 amide bonds. The van der Waals surface area contributed by atoms with Crippen molar-refractivity contribution in [2.24, 2.45) is 5.73 Å². The third-order valence-electron chi connectivity index (χ3n) is 4.09. The minimum Gasteiger partial charge on any atom is -0.480 e. The Kier molecular flexibility index (Phi) is 5.95. The van der Waals surface area contributed by atoms with Crippen molar-refractivity contribution >= 4 is 17.9 Å². The second kappa shape index (κ2) is 7.26. The van der Waals surface area contributed by atoms with Gasteiger partial charge in [0.15, 0.2) is 0 Å². The first kappa shape index (κ1) is 17.2.